The first kappa shape index (κ1) is 14.4. The molecule has 3 N–H and O–H groups in total. The summed E-state index contributed by atoms with van der Waals surface area (Å²) in [5, 5.41) is 10.5. The maximum absolute atomic E-state index is 10.5. The number of ether oxygens (including phenoxy) is 1. The Hall–Kier alpha value is -1.06. The van der Waals surface area contributed by atoms with Crippen LogP contribution in [0.2, 0.25) is 0 Å². The van der Waals surface area contributed by atoms with Gasteiger partial charge in [0, 0.05) is 11.6 Å². The van der Waals surface area contributed by atoms with Crippen molar-refractivity contribution in [3.8, 4) is 5.75 Å². The van der Waals surface area contributed by atoms with Gasteiger partial charge in [-0.05, 0) is 32.8 Å². The molecule has 1 aliphatic carbocycles. The molecule has 0 aliphatic heterocycles. The van der Waals surface area contributed by atoms with Crippen LogP contribution in [0.5, 0.6) is 5.75 Å². The quantitative estimate of drug-likeness (QED) is 0.877. The molecule has 3 heteroatoms. The first-order valence-corrected chi connectivity index (χ1v) is 7.21. The summed E-state index contributed by atoms with van der Waals surface area (Å²) in [5.74, 6) is 0.805. The van der Waals surface area contributed by atoms with Crippen molar-refractivity contribution < 1.29 is 9.84 Å². The van der Waals surface area contributed by atoms with Crippen LogP contribution in [0.4, 0.5) is 0 Å². The van der Waals surface area contributed by atoms with Crippen LogP contribution in [-0.2, 0) is 0 Å². The van der Waals surface area contributed by atoms with Crippen molar-refractivity contribution in [3.05, 3.63) is 29.3 Å². The van der Waals surface area contributed by atoms with Gasteiger partial charge in [0.2, 0.25) is 0 Å². The fourth-order valence-corrected chi connectivity index (χ4v) is 2.72. The van der Waals surface area contributed by atoms with Gasteiger partial charge in [0.25, 0.3) is 0 Å². The monoisotopic (exact) mass is 263 g/mol. The van der Waals surface area contributed by atoms with Crippen LogP contribution in [0.25, 0.3) is 0 Å². The van der Waals surface area contributed by atoms with Crippen molar-refractivity contribution in [3.63, 3.8) is 0 Å². The van der Waals surface area contributed by atoms with Gasteiger partial charge in [-0.15, -0.1) is 0 Å². The Morgan fingerprint density at radius 1 is 1.32 bits per heavy atom. The Bertz CT molecular complexity index is 423. The maximum Gasteiger partial charge on any atom is 0.124 e. The molecule has 1 unspecified atom stereocenters. The number of benzene rings is 1. The van der Waals surface area contributed by atoms with Gasteiger partial charge in [-0.3, -0.25) is 0 Å². The Balaban J connectivity index is 2.06. The third-order valence-electron chi connectivity index (χ3n) is 3.94. The highest BCUT2D eigenvalue weighted by Gasteiger charge is 2.30. The molecule has 1 fully saturated rings. The minimum Gasteiger partial charge on any atom is -0.490 e. The Labute approximate surface area is 115 Å². The van der Waals surface area contributed by atoms with E-state index in [4.69, 9.17) is 10.5 Å². The molecular formula is C16H25NO2. The van der Waals surface area contributed by atoms with E-state index in [2.05, 4.69) is 6.07 Å². The van der Waals surface area contributed by atoms with Crippen LogP contribution in [0.15, 0.2) is 18.2 Å². The lowest BCUT2D eigenvalue weighted by atomic mass is 9.85. The molecule has 1 saturated carbocycles. The summed E-state index contributed by atoms with van der Waals surface area (Å²) in [6, 6.07) is 5.98. The van der Waals surface area contributed by atoms with Crippen LogP contribution >= 0.6 is 0 Å². The standard InChI is InChI=1S/C16H25NO2/c1-12-6-7-15(14(10-12)13(2)17)19-11-16(18)8-4-3-5-9-16/h6-7,10,13,18H,3-5,8-9,11,17H2,1-2H3. The lowest BCUT2D eigenvalue weighted by molar-refractivity contribution is -0.0341. The van der Waals surface area contributed by atoms with Crippen molar-refractivity contribution >= 4 is 0 Å². The van der Waals surface area contributed by atoms with Gasteiger partial charge >= 0.3 is 0 Å². The van der Waals surface area contributed by atoms with E-state index in [-0.39, 0.29) is 6.04 Å². The van der Waals surface area contributed by atoms with Gasteiger partial charge in [-0.2, -0.15) is 0 Å². The third-order valence-corrected chi connectivity index (χ3v) is 3.94. The number of aliphatic hydroxyl groups is 1. The molecule has 1 aliphatic rings. The second-order valence-electron chi connectivity index (χ2n) is 5.90. The zero-order chi connectivity index (χ0) is 13.9. The van der Waals surface area contributed by atoms with E-state index in [0.717, 1.165) is 37.0 Å². The summed E-state index contributed by atoms with van der Waals surface area (Å²) in [6.07, 6.45) is 5.08. The third kappa shape index (κ3) is 3.71. The van der Waals surface area contributed by atoms with Crippen LogP contribution in [0, 0.1) is 6.92 Å². The van der Waals surface area contributed by atoms with Crippen molar-refractivity contribution in [2.45, 2.75) is 57.6 Å². The molecule has 0 radical (unpaired) electrons. The molecule has 0 amide bonds. The fourth-order valence-electron chi connectivity index (χ4n) is 2.72. The summed E-state index contributed by atoms with van der Waals surface area (Å²) >= 11 is 0. The summed E-state index contributed by atoms with van der Waals surface area (Å²) in [4.78, 5) is 0. The van der Waals surface area contributed by atoms with E-state index in [1.807, 2.05) is 26.0 Å². The van der Waals surface area contributed by atoms with Crippen molar-refractivity contribution in [2.75, 3.05) is 6.61 Å². The van der Waals surface area contributed by atoms with Crippen molar-refractivity contribution in [1.82, 2.24) is 0 Å². The van der Waals surface area contributed by atoms with E-state index in [9.17, 15) is 5.11 Å². The van der Waals surface area contributed by atoms with E-state index in [0.29, 0.717) is 6.61 Å². The number of aryl methyl sites for hydroxylation is 1. The molecule has 1 atom stereocenters. The van der Waals surface area contributed by atoms with Gasteiger partial charge in [-0.1, -0.05) is 37.0 Å². The molecule has 0 aromatic heterocycles. The molecule has 1 aromatic rings. The normalized spacial score (nSPS) is 20.0. The first-order valence-electron chi connectivity index (χ1n) is 7.21. The van der Waals surface area contributed by atoms with Gasteiger partial charge in [0.05, 0.1) is 5.60 Å². The highest BCUT2D eigenvalue weighted by Crippen LogP contribution is 2.31. The van der Waals surface area contributed by atoms with Gasteiger partial charge in [0.1, 0.15) is 12.4 Å². The Morgan fingerprint density at radius 3 is 2.63 bits per heavy atom. The molecule has 19 heavy (non-hydrogen) atoms. The minimum absolute atomic E-state index is 0.0594. The summed E-state index contributed by atoms with van der Waals surface area (Å²) in [5.41, 5.74) is 7.52. The van der Waals surface area contributed by atoms with E-state index in [1.54, 1.807) is 0 Å². The van der Waals surface area contributed by atoms with Gasteiger partial charge in [-0.25, -0.2) is 0 Å². The Morgan fingerprint density at radius 2 is 2.00 bits per heavy atom. The first-order chi connectivity index (χ1) is 9.00. The van der Waals surface area contributed by atoms with Gasteiger partial charge in [0.15, 0.2) is 0 Å². The lowest BCUT2D eigenvalue weighted by Gasteiger charge is -2.32. The van der Waals surface area contributed by atoms with E-state index < -0.39 is 5.60 Å². The van der Waals surface area contributed by atoms with Crippen molar-refractivity contribution in [2.24, 2.45) is 5.73 Å². The molecule has 2 rings (SSSR count). The number of hydrogen-bond donors (Lipinski definition) is 2. The molecular weight excluding hydrogens is 238 g/mol. The molecule has 106 valence electrons. The summed E-state index contributed by atoms with van der Waals surface area (Å²) in [6.45, 7) is 4.37. The highest BCUT2D eigenvalue weighted by molar-refractivity contribution is 5.38. The molecule has 3 nitrogen and oxygen atoms in total. The van der Waals surface area contributed by atoms with E-state index >= 15 is 0 Å². The molecule has 1 aromatic carbocycles. The number of rotatable bonds is 4. The summed E-state index contributed by atoms with van der Waals surface area (Å²) < 4.78 is 5.87. The Kier molecular flexibility index (Phi) is 4.48. The number of nitrogens with two attached hydrogens (primary N) is 1. The van der Waals surface area contributed by atoms with Crippen LogP contribution in [0.3, 0.4) is 0 Å². The molecule has 0 heterocycles. The molecule has 0 saturated heterocycles. The second-order valence-corrected chi connectivity index (χ2v) is 5.90. The van der Waals surface area contributed by atoms with Crippen molar-refractivity contribution in [1.29, 1.82) is 0 Å². The lowest BCUT2D eigenvalue weighted by Crippen LogP contribution is -2.38. The smallest absolute Gasteiger partial charge is 0.124 e. The SMILES string of the molecule is Cc1ccc(OCC2(O)CCCCC2)c(C(C)N)c1. The predicted molar refractivity (Wildman–Crippen MR) is 77.3 cm³/mol. The van der Waals surface area contributed by atoms with Crippen LogP contribution in [0.1, 0.15) is 56.2 Å². The second kappa shape index (κ2) is 5.93. The van der Waals surface area contributed by atoms with Crippen LogP contribution in [-0.4, -0.2) is 17.3 Å². The topological polar surface area (TPSA) is 55.5 Å². The predicted octanol–water partition coefficient (Wildman–Crippen LogP) is 3.09. The maximum atomic E-state index is 10.5. The highest BCUT2D eigenvalue weighted by atomic mass is 16.5. The summed E-state index contributed by atoms with van der Waals surface area (Å²) in [7, 11) is 0. The van der Waals surface area contributed by atoms with Crippen LogP contribution < -0.4 is 10.5 Å². The molecule has 0 bridgehead atoms. The van der Waals surface area contributed by atoms with E-state index in [1.165, 1.54) is 12.0 Å². The minimum atomic E-state index is -0.655. The van der Waals surface area contributed by atoms with Gasteiger partial charge < -0.3 is 15.6 Å². The largest absolute Gasteiger partial charge is 0.490 e. The average Bonchev–Trinajstić information content (AvgIpc) is 2.38. The number of hydrogen-bond acceptors (Lipinski definition) is 3. The molecule has 0 spiro atoms. The fraction of sp³-hybridized carbons (Fsp3) is 0.625. The average molecular weight is 263 g/mol. The zero-order valence-corrected chi connectivity index (χ0v) is 12.0. The zero-order valence-electron chi connectivity index (χ0n) is 12.0.